The van der Waals surface area contributed by atoms with Crippen LogP contribution in [0, 0.1) is 13.8 Å². The molecule has 0 spiro atoms. The Hall–Kier alpha value is -11.2. The van der Waals surface area contributed by atoms with Crippen LogP contribution in [0.4, 0.5) is 22.7 Å². The summed E-state index contributed by atoms with van der Waals surface area (Å²) in [4.78, 5) is 34.1. The molecule has 0 aliphatic carbocycles. The first-order valence-electron chi connectivity index (χ1n) is 28.5. The number of benzene rings is 12. The Morgan fingerprint density at radius 3 is 0.930 bits per heavy atom. The van der Waals surface area contributed by atoms with E-state index in [-0.39, 0.29) is 34.8 Å². The van der Waals surface area contributed by atoms with Crippen LogP contribution in [0.1, 0.15) is 44.5 Å². The molecule has 12 aromatic rings. The van der Waals surface area contributed by atoms with Crippen molar-refractivity contribution in [1.29, 1.82) is 0 Å². The predicted molar refractivity (Wildman–Crippen MR) is 343 cm³/mol. The number of phenolic OH excluding ortho intramolecular Hbond substituents is 4. The first kappa shape index (κ1) is 54.1. The Balaban J connectivity index is 0.000000160. The van der Waals surface area contributed by atoms with Crippen molar-refractivity contribution in [1.82, 2.24) is 0 Å². The smallest absolute Gasteiger partial charge is 0.251 e. The number of nitrogens with zero attached hydrogens (tertiary/aromatic N) is 2. The highest BCUT2D eigenvalue weighted by Crippen LogP contribution is 2.57. The highest BCUT2D eigenvalue weighted by molar-refractivity contribution is 6.19. The van der Waals surface area contributed by atoms with Crippen molar-refractivity contribution >= 4 is 34.6 Å². The van der Waals surface area contributed by atoms with E-state index in [0.717, 1.165) is 89.5 Å². The Morgan fingerprint density at radius 2 is 0.581 bits per heavy atom. The van der Waals surface area contributed by atoms with Crippen LogP contribution in [0.2, 0.25) is 0 Å². The molecule has 0 atom stereocenters. The summed E-state index contributed by atoms with van der Waals surface area (Å²) >= 11 is 0. The van der Waals surface area contributed by atoms with Gasteiger partial charge in [-0.25, -0.2) is 0 Å². The van der Waals surface area contributed by atoms with Gasteiger partial charge in [-0.15, -0.1) is 0 Å². The van der Waals surface area contributed by atoms with Gasteiger partial charge in [0.25, 0.3) is 11.8 Å². The Bertz CT molecular complexity index is 4350. The summed E-state index contributed by atoms with van der Waals surface area (Å²) in [6, 6.07) is 92.1. The van der Waals surface area contributed by atoms with Gasteiger partial charge in [0.2, 0.25) is 0 Å². The fraction of sp³-hybridized carbons (Fsp3) is 0.0513. The van der Waals surface area contributed by atoms with Crippen molar-refractivity contribution in [3.63, 3.8) is 0 Å². The standard InChI is InChI=1S/2C39H29NO3/c1-26-12-8-10-18-34(26)40-35-19-11-9-17-33(35)39(38(40)43,29-20-22-36(41)31(24-29)27-13-4-2-5-14-27)30-21-23-37(42)32(25-30)28-15-6-3-7-16-28;1-26-16-20-31(21-17-26)40-35-15-9-8-14-34(35)39(38(40)43,29-18-22-36(41)32(24-29)27-10-4-2-5-11-27)30-19-23-37(42)33(25-30)28-12-6-3-7-13-28/h2*2-25,41-42H,1H3. The lowest BCUT2D eigenvalue weighted by atomic mass is 9.69. The molecule has 2 amide bonds. The number of carbonyl (C=O) groups is 2. The third kappa shape index (κ3) is 9.03. The lowest BCUT2D eigenvalue weighted by Gasteiger charge is -2.32. The highest BCUT2D eigenvalue weighted by Gasteiger charge is 2.56. The summed E-state index contributed by atoms with van der Waals surface area (Å²) in [5.41, 5.74) is 13.2. The largest absolute Gasteiger partial charge is 0.507 e. The summed E-state index contributed by atoms with van der Waals surface area (Å²) in [7, 11) is 0. The van der Waals surface area contributed by atoms with E-state index in [1.54, 1.807) is 29.2 Å². The maximum atomic E-state index is 15.3. The van der Waals surface area contributed by atoms with Gasteiger partial charge in [-0.2, -0.15) is 0 Å². The van der Waals surface area contributed by atoms with Gasteiger partial charge in [0.1, 0.15) is 33.8 Å². The van der Waals surface area contributed by atoms with Gasteiger partial charge in [0.05, 0.1) is 17.1 Å². The van der Waals surface area contributed by atoms with Gasteiger partial charge >= 0.3 is 0 Å². The summed E-state index contributed by atoms with van der Waals surface area (Å²) < 4.78 is 0. The number of phenols is 4. The lowest BCUT2D eigenvalue weighted by molar-refractivity contribution is -0.120. The van der Waals surface area contributed by atoms with Crippen LogP contribution >= 0.6 is 0 Å². The molecule has 12 aromatic carbocycles. The molecule has 416 valence electrons. The summed E-state index contributed by atoms with van der Waals surface area (Å²) in [6.07, 6.45) is 0. The number of aromatic hydroxyl groups is 4. The molecule has 2 aliphatic rings. The van der Waals surface area contributed by atoms with Gasteiger partial charge < -0.3 is 20.4 Å². The number of hydrogen-bond donors (Lipinski definition) is 4. The summed E-state index contributed by atoms with van der Waals surface area (Å²) in [5.74, 6) is 0.278. The fourth-order valence-electron chi connectivity index (χ4n) is 12.7. The molecule has 0 aromatic heterocycles. The third-order valence-corrected chi connectivity index (χ3v) is 16.9. The minimum Gasteiger partial charge on any atom is -0.507 e. The van der Waals surface area contributed by atoms with Crippen molar-refractivity contribution in [2.45, 2.75) is 24.7 Å². The second-order valence-electron chi connectivity index (χ2n) is 21.8. The molecule has 0 unspecified atom stereocenters. The topological polar surface area (TPSA) is 122 Å². The number of aryl methyl sites for hydroxylation is 2. The average molecular weight is 1120 g/mol. The van der Waals surface area contributed by atoms with Crippen LogP contribution in [0.25, 0.3) is 44.5 Å². The minimum absolute atomic E-state index is 0.127. The second kappa shape index (κ2) is 22.2. The monoisotopic (exact) mass is 1120 g/mol. The first-order valence-corrected chi connectivity index (χ1v) is 28.5. The Morgan fingerprint density at radius 1 is 0.291 bits per heavy atom. The number of carbonyl (C=O) groups excluding carboxylic acids is 2. The van der Waals surface area contributed by atoms with E-state index in [4.69, 9.17) is 0 Å². The zero-order chi connectivity index (χ0) is 59.1. The van der Waals surface area contributed by atoms with Crippen molar-refractivity contribution in [2.75, 3.05) is 9.80 Å². The zero-order valence-corrected chi connectivity index (χ0v) is 47.2. The van der Waals surface area contributed by atoms with Crippen molar-refractivity contribution in [2.24, 2.45) is 0 Å². The van der Waals surface area contributed by atoms with E-state index in [1.807, 2.05) is 286 Å². The van der Waals surface area contributed by atoms with Crippen molar-refractivity contribution in [3.05, 3.63) is 336 Å². The van der Waals surface area contributed by atoms with Gasteiger partial charge in [-0.05, 0) is 143 Å². The fourth-order valence-corrected chi connectivity index (χ4v) is 12.7. The van der Waals surface area contributed by atoms with E-state index < -0.39 is 10.8 Å². The van der Waals surface area contributed by atoms with Crippen molar-refractivity contribution < 1.29 is 30.0 Å². The van der Waals surface area contributed by atoms with Crippen LogP contribution in [0.3, 0.4) is 0 Å². The molecule has 0 saturated heterocycles. The highest BCUT2D eigenvalue weighted by atomic mass is 16.3. The molecule has 86 heavy (non-hydrogen) atoms. The Labute approximate surface area is 499 Å². The van der Waals surface area contributed by atoms with E-state index in [9.17, 15) is 20.4 Å². The summed E-state index contributed by atoms with van der Waals surface area (Å²) in [5, 5.41) is 44.0. The maximum Gasteiger partial charge on any atom is 0.251 e. The number of para-hydroxylation sites is 3. The maximum absolute atomic E-state index is 15.3. The van der Waals surface area contributed by atoms with E-state index in [1.165, 1.54) is 0 Å². The molecule has 0 fully saturated rings. The molecule has 8 heteroatoms. The van der Waals surface area contributed by atoms with Gasteiger partial charge in [0.15, 0.2) is 0 Å². The number of amides is 2. The molecule has 0 saturated carbocycles. The van der Waals surface area contributed by atoms with E-state index >= 15 is 9.59 Å². The molecule has 0 radical (unpaired) electrons. The molecule has 2 aliphatic heterocycles. The van der Waals surface area contributed by atoms with Gasteiger partial charge in [-0.1, -0.05) is 218 Å². The SMILES string of the molecule is Cc1ccc(N2C(=O)C(c3ccc(O)c(-c4ccccc4)c3)(c3ccc(O)c(-c4ccccc4)c3)c3ccccc32)cc1.Cc1ccccc1N1C(=O)C(c2ccc(O)c(-c3ccccc3)c2)(c2ccc(O)c(-c3ccccc3)c2)c2ccccc21. The number of rotatable bonds is 10. The van der Waals surface area contributed by atoms with Crippen LogP contribution in [0.15, 0.2) is 291 Å². The first-order chi connectivity index (χ1) is 42.0. The van der Waals surface area contributed by atoms with E-state index in [2.05, 4.69) is 0 Å². The molecular formula is C78H58N2O6. The number of fused-ring (bicyclic) bond motifs is 2. The zero-order valence-electron chi connectivity index (χ0n) is 47.2. The molecular weight excluding hydrogens is 1060 g/mol. The average Bonchev–Trinajstić information content (AvgIpc) is 1.55. The summed E-state index contributed by atoms with van der Waals surface area (Å²) in [6.45, 7) is 4.03. The van der Waals surface area contributed by atoms with Gasteiger partial charge in [-0.3, -0.25) is 19.4 Å². The van der Waals surface area contributed by atoms with Crippen LogP contribution in [-0.4, -0.2) is 32.2 Å². The third-order valence-electron chi connectivity index (χ3n) is 16.9. The number of hydrogen-bond acceptors (Lipinski definition) is 6. The van der Waals surface area contributed by atoms with Crippen LogP contribution in [0.5, 0.6) is 23.0 Å². The van der Waals surface area contributed by atoms with Crippen LogP contribution < -0.4 is 9.80 Å². The normalized spacial score (nSPS) is 13.6. The molecule has 8 nitrogen and oxygen atoms in total. The molecule has 0 bridgehead atoms. The van der Waals surface area contributed by atoms with E-state index in [0.29, 0.717) is 22.3 Å². The van der Waals surface area contributed by atoms with Gasteiger partial charge in [0, 0.05) is 39.1 Å². The Kier molecular flexibility index (Phi) is 13.9. The minimum atomic E-state index is -1.27. The van der Waals surface area contributed by atoms with Crippen LogP contribution in [-0.2, 0) is 20.4 Å². The van der Waals surface area contributed by atoms with Crippen molar-refractivity contribution in [3.8, 4) is 67.5 Å². The number of anilines is 4. The lowest BCUT2D eigenvalue weighted by Crippen LogP contribution is -2.40. The molecule has 4 N–H and O–H groups in total. The molecule has 14 rings (SSSR count). The quantitative estimate of drug-likeness (QED) is 0.108. The second-order valence-corrected chi connectivity index (χ2v) is 21.8. The molecule has 2 heterocycles. The predicted octanol–water partition coefficient (Wildman–Crippen LogP) is 17.5.